The van der Waals surface area contributed by atoms with Crippen molar-refractivity contribution in [1.82, 2.24) is 10.6 Å². The van der Waals surface area contributed by atoms with Crippen LogP contribution in [0.25, 0.3) is 0 Å². The van der Waals surface area contributed by atoms with Crippen LogP contribution in [-0.2, 0) is 16.0 Å². The molecule has 8 nitrogen and oxygen atoms in total. The van der Waals surface area contributed by atoms with Crippen LogP contribution in [0.2, 0.25) is 0 Å². The first-order valence-electron chi connectivity index (χ1n) is 11.9. The van der Waals surface area contributed by atoms with E-state index in [-0.39, 0.29) is 19.1 Å². The van der Waals surface area contributed by atoms with Crippen LogP contribution in [0.5, 0.6) is 0 Å². The Labute approximate surface area is 201 Å². The van der Waals surface area contributed by atoms with Gasteiger partial charge in [0.15, 0.2) is 0 Å². The number of urea groups is 1. The predicted octanol–water partition coefficient (Wildman–Crippen LogP) is 3.58. The van der Waals surface area contributed by atoms with Gasteiger partial charge in [-0.2, -0.15) is 0 Å². The van der Waals surface area contributed by atoms with Gasteiger partial charge in [0.05, 0.1) is 12.2 Å². The molecule has 3 rings (SSSR count). The normalized spacial score (nSPS) is 13.8. The molecule has 0 unspecified atom stereocenters. The number of hydrogen-bond acceptors (Lipinski definition) is 5. The summed E-state index contributed by atoms with van der Waals surface area (Å²) in [6.45, 7) is 6.26. The van der Waals surface area contributed by atoms with Crippen LogP contribution < -0.4 is 20.9 Å². The van der Waals surface area contributed by atoms with Gasteiger partial charge in [-0.1, -0.05) is 37.3 Å². The Balaban J connectivity index is 1.69. The molecule has 0 aliphatic carbocycles. The number of piperidine rings is 1. The van der Waals surface area contributed by atoms with Gasteiger partial charge in [0.1, 0.15) is 6.54 Å². The first-order valence-corrected chi connectivity index (χ1v) is 11.9. The van der Waals surface area contributed by atoms with Gasteiger partial charge in [-0.15, -0.1) is 0 Å². The van der Waals surface area contributed by atoms with Crippen molar-refractivity contribution in [3.63, 3.8) is 0 Å². The molecule has 34 heavy (non-hydrogen) atoms. The number of ether oxygens (including phenoxy) is 1. The quantitative estimate of drug-likeness (QED) is 0.491. The van der Waals surface area contributed by atoms with Crippen molar-refractivity contribution < 1.29 is 19.1 Å². The molecule has 1 aliphatic rings. The van der Waals surface area contributed by atoms with Crippen LogP contribution in [0.3, 0.4) is 0 Å². The fourth-order valence-electron chi connectivity index (χ4n) is 3.92. The molecule has 3 amide bonds. The smallest absolute Gasteiger partial charge is 0.325 e. The Kier molecular flexibility index (Phi) is 9.31. The molecule has 3 N–H and O–H groups in total. The van der Waals surface area contributed by atoms with Crippen LogP contribution in [0, 0.1) is 5.92 Å². The lowest BCUT2D eigenvalue weighted by atomic mass is 9.97. The van der Waals surface area contributed by atoms with Gasteiger partial charge in [0, 0.05) is 31.0 Å². The fraction of sp³-hybridized carbons (Fsp3) is 0.423. The van der Waals surface area contributed by atoms with Gasteiger partial charge in [-0.05, 0) is 55.9 Å². The summed E-state index contributed by atoms with van der Waals surface area (Å²) in [5.74, 6) is -0.0191. The molecule has 1 fully saturated rings. The number of hydrogen-bond donors (Lipinski definition) is 3. The standard InChI is InChI=1S/C26H34N4O4/c1-3-34-24(31)18-28-26(33)29-21-9-10-23(30-15-12-19(2)13-16-30)22(17-21)25(32)27-14-11-20-7-5-4-6-8-20/h4-10,17,19H,3,11-16,18H2,1-2H3,(H,27,32)(H2,28,29,33). The highest BCUT2D eigenvalue weighted by Gasteiger charge is 2.22. The minimum atomic E-state index is -0.539. The lowest BCUT2D eigenvalue weighted by Gasteiger charge is -2.33. The second-order valence-corrected chi connectivity index (χ2v) is 8.51. The van der Waals surface area contributed by atoms with Gasteiger partial charge in [-0.3, -0.25) is 9.59 Å². The van der Waals surface area contributed by atoms with E-state index in [4.69, 9.17) is 4.74 Å². The molecule has 182 valence electrons. The Morgan fingerprint density at radius 1 is 1.03 bits per heavy atom. The number of esters is 1. The highest BCUT2D eigenvalue weighted by atomic mass is 16.5. The van der Waals surface area contributed by atoms with E-state index >= 15 is 0 Å². The summed E-state index contributed by atoms with van der Waals surface area (Å²) in [5, 5.41) is 8.18. The minimum absolute atomic E-state index is 0.180. The van der Waals surface area contributed by atoms with Crippen molar-refractivity contribution in [3.05, 3.63) is 59.7 Å². The highest BCUT2D eigenvalue weighted by molar-refractivity contribution is 6.02. The van der Waals surface area contributed by atoms with Crippen LogP contribution in [-0.4, -0.2) is 50.7 Å². The van der Waals surface area contributed by atoms with Gasteiger partial charge in [0.2, 0.25) is 0 Å². The molecule has 0 radical (unpaired) electrons. The van der Waals surface area contributed by atoms with E-state index in [0.29, 0.717) is 23.7 Å². The summed E-state index contributed by atoms with van der Waals surface area (Å²) in [6.07, 6.45) is 2.88. The molecule has 1 saturated heterocycles. The van der Waals surface area contributed by atoms with Crippen LogP contribution in [0.15, 0.2) is 48.5 Å². The molecule has 0 saturated carbocycles. The van der Waals surface area contributed by atoms with Crippen LogP contribution in [0.4, 0.5) is 16.2 Å². The van der Waals surface area contributed by atoms with Crippen molar-refractivity contribution in [2.75, 3.05) is 43.0 Å². The molecule has 0 bridgehead atoms. The maximum Gasteiger partial charge on any atom is 0.325 e. The lowest BCUT2D eigenvalue weighted by Crippen LogP contribution is -2.36. The third-order valence-corrected chi connectivity index (χ3v) is 5.86. The third-order valence-electron chi connectivity index (χ3n) is 5.86. The molecule has 0 spiro atoms. The van der Waals surface area contributed by atoms with E-state index in [1.165, 1.54) is 0 Å². The summed E-state index contributed by atoms with van der Waals surface area (Å²) in [4.78, 5) is 39.1. The Bertz CT molecular complexity index is 972. The summed E-state index contributed by atoms with van der Waals surface area (Å²) < 4.78 is 4.81. The number of rotatable bonds is 9. The monoisotopic (exact) mass is 466 g/mol. The summed E-state index contributed by atoms with van der Waals surface area (Å²) in [7, 11) is 0. The SMILES string of the molecule is CCOC(=O)CNC(=O)Nc1ccc(N2CCC(C)CC2)c(C(=O)NCCc2ccccc2)c1. The number of carbonyl (C=O) groups is 3. The van der Waals surface area contributed by atoms with Crippen molar-refractivity contribution in [2.45, 2.75) is 33.1 Å². The molecule has 1 heterocycles. The number of amides is 3. The average Bonchev–Trinajstić information content (AvgIpc) is 2.84. The number of nitrogens with one attached hydrogen (secondary N) is 3. The summed E-state index contributed by atoms with van der Waals surface area (Å²) in [6, 6.07) is 14.8. The van der Waals surface area contributed by atoms with Gasteiger partial charge < -0.3 is 25.6 Å². The Morgan fingerprint density at radius 2 is 1.76 bits per heavy atom. The third kappa shape index (κ3) is 7.50. The van der Waals surface area contributed by atoms with Gasteiger partial charge >= 0.3 is 12.0 Å². The van der Waals surface area contributed by atoms with Gasteiger partial charge in [0.25, 0.3) is 5.91 Å². The Hall–Kier alpha value is -3.55. The maximum absolute atomic E-state index is 13.2. The predicted molar refractivity (Wildman–Crippen MR) is 133 cm³/mol. The zero-order chi connectivity index (χ0) is 24.3. The molecule has 2 aromatic carbocycles. The molecule has 0 aromatic heterocycles. The molecule has 2 aromatic rings. The zero-order valence-electron chi connectivity index (χ0n) is 19.9. The van der Waals surface area contributed by atoms with E-state index in [0.717, 1.165) is 43.6 Å². The largest absolute Gasteiger partial charge is 0.465 e. The topological polar surface area (TPSA) is 99.8 Å². The van der Waals surface area contributed by atoms with E-state index in [1.54, 1.807) is 19.1 Å². The molecule has 1 aliphatic heterocycles. The average molecular weight is 467 g/mol. The molecule has 0 atom stereocenters. The molecular weight excluding hydrogens is 432 g/mol. The zero-order valence-corrected chi connectivity index (χ0v) is 19.9. The second kappa shape index (κ2) is 12.6. The first kappa shape index (κ1) is 25.1. The number of anilines is 2. The fourth-order valence-corrected chi connectivity index (χ4v) is 3.92. The van der Waals surface area contributed by atoms with Crippen molar-refractivity contribution in [1.29, 1.82) is 0 Å². The minimum Gasteiger partial charge on any atom is -0.465 e. The van der Waals surface area contributed by atoms with E-state index in [2.05, 4.69) is 27.8 Å². The highest BCUT2D eigenvalue weighted by Crippen LogP contribution is 2.28. The van der Waals surface area contributed by atoms with Crippen molar-refractivity contribution >= 4 is 29.3 Å². The van der Waals surface area contributed by atoms with E-state index in [9.17, 15) is 14.4 Å². The van der Waals surface area contributed by atoms with Crippen LogP contribution >= 0.6 is 0 Å². The number of benzene rings is 2. The Morgan fingerprint density at radius 3 is 2.47 bits per heavy atom. The summed E-state index contributed by atoms with van der Waals surface area (Å²) >= 11 is 0. The lowest BCUT2D eigenvalue weighted by molar-refractivity contribution is -0.141. The maximum atomic E-state index is 13.2. The molecule has 8 heteroatoms. The van der Waals surface area contributed by atoms with Crippen molar-refractivity contribution in [2.24, 2.45) is 5.92 Å². The number of carbonyl (C=O) groups excluding carboxylic acids is 3. The van der Waals surface area contributed by atoms with Crippen LogP contribution in [0.1, 0.15) is 42.6 Å². The van der Waals surface area contributed by atoms with E-state index < -0.39 is 12.0 Å². The molecular formula is C26H34N4O4. The summed E-state index contributed by atoms with van der Waals surface area (Å²) in [5.41, 5.74) is 3.01. The first-order chi connectivity index (χ1) is 16.5. The van der Waals surface area contributed by atoms with Gasteiger partial charge in [-0.25, -0.2) is 4.79 Å². The second-order valence-electron chi connectivity index (χ2n) is 8.51. The van der Waals surface area contributed by atoms with E-state index in [1.807, 2.05) is 36.4 Å². The number of nitrogens with zero attached hydrogens (tertiary/aromatic N) is 1. The van der Waals surface area contributed by atoms with Crippen molar-refractivity contribution in [3.8, 4) is 0 Å².